The number of benzene rings is 1. The molecule has 1 N–H and O–H groups in total. The van der Waals surface area contributed by atoms with Gasteiger partial charge in [0.2, 0.25) is 0 Å². The van der Waals surface area contributed by atoms with Crippen LogP contribution in [0, 0.1) is 5.92 Å². The lowest BCUT2D eigenvalue weighted by Crippen LogP contribution is -2.32. The first-order valence-corrected chi connectivity index (χ1v) is 7.18. The van der Waals surface area contributed by atoms with Gasteiger partial charge in [-0.05, 0) is 30.0 Å². The molecule has 1 aromatic rings. The molecule has 0 spiro atoms. The third-order valence-electron chi connectivity index (χ3n) is 3.44. The number of amides is 1. The van der Waals surface area contributed by atoms with Crippen molar-refractivity contribution in [3.63, 3.8) is 0 Å². The highest BCUT2D eigenvalue weighted by Gasteiger charge is 2.07. The minimum absolute atomic E-state index is 0.0496. The van der Waals surface area contributed by atoms with Gasteiger partial charge in [-0.2, -0.15) is 0 Å². The molecule has 0 atom stereocenters. The van der Waals surface area contributed by atoms with Crippen LogP contribution in [0.15, 0.2) is 24.3 Å². The second kappa shape index (κ2) is 8.57. The molecule has 0 aliphatic rings. The van der Waals surface area contributed by atoms with Gasteiger partial charge in [0.15, 0.2) is 6.61 Å². The van der Waals surface area contributed by atoms with Crippen LogP contribution in [-0.4, -0.2) is 19.1 Å². The average Bonchev–Trinajstić information content (AvgIpc) is 2.46. The molecule has 0 bridgehead atoms. The van der Waals surface area contributed by atoms with Crippen LogP contribution in [0.25, 0.3) is 0 Å². The van der Waals surface area contributed by atoms with E-state index in [9.17, 15) is 4.79 Å². The fraction of sp³-hybridized carbons (Fsp3) is 0.562. The molecule has 0 aliphatic heterocycles. The van der Waals surface area contributed by atoms with Crippen LogP contribution < -0.4 is 10.1 Å². The van der Waals surface area contributed by atoms with Gasteiger partial charge >= 0.3 is 0 Å². The summed E-state index contributed by atoms with van der Waals surface area (Å²) in [6.07, 6.45) is 3.20. The molecular weight excluding hydrogens is 238 g/mol. The monoisotopic (exact) mass is 263 g/mol. The van der Waals surface area contributed by atoms with Crippen molar-refractivity contribution in [2.24, 2.45) is 5.92 Å². The minimum atomic E-state index is -0.0496. The third-order valence-corrected chi connectivity index (χ3v) is 3.44. The first-order chi connectivity index (χ1) is 9.19. The van der Waals surface area contributed by atoms with Crippen molar-refractivity contribution in [1.82, 2.24) is 5.32 Å². The maximum atomic E-state index is 11.6. The van der Waals surface area contributed by atoms with Gasteiger partial charge in [-0.15, -0.1) is 0 Å². The van der Waals surface area contributed by atoms with Gasteiger partial charge in [0.25, 0.3) is 5.91 Å². The number of aryl methyl sites for hydroxylation is 1. The number of hydrogen-bond acceptors (Lipinski definition) is 2. The zero-order chi connectivity index (χ0) is 14.1. The topological polar surface area (TPSA) is 38.3 Å². The molecule has 3 heteroatoms. The lowest BCUT2D eigenvalue weighted by Gasteiger charge is -2.13. The molecule has 19 heavy (non-hydrogen) atoms. The van der Waals surface area contributed by atoms with Crippen molar-refractivity contribution in [2.75, 3.05) is 13.2 Å². The van der Waals surface area contributed by atoms with E-state index in [1.54, 1.807) is 0 Å². The van der Waals surface area contributed by atoms with E-state index in [4.69, 9.17) is 4.74 Å². The fourth-order valence-corrected chi connectivity index (χ4v) is 1.86. The summed E-state index contributed by atoms with van der Waals surface area (Å²) < 4.78 is 5.45. The molecule has 0 aromatic heterocycles. The highest BCUT2D eigenvalue weighted by atomic mass is 16.5. The summed E-state index contributed by atoms with van der Waals surface area (Å²) in [7, 11) is 0. The number of carbonyl (C=O) groups excluding carboxylic acids is 1. The molecule has 0 saturated heterocycles. The molecule has 1 aromatic carbocycles. The van der Waals surface area contributed by atoms with Gasteiger partial charge in [-0.3, -0.25) is 4.79 Å². The molecule has 0 saturated carbocycles. The summed E-state index contributed by atoms with van der Waals surface area (Å²) in [5, 5.41) is 2.91. The summed E-state index contributed by atoms with van der Waals surface area (Å²) in [4.78, 5) is 11.6. The standard InChI is InChI=1S/C16H25NO2/c1-4-13(5-2)11-17-16(18)12-19-15-9-7-14(6-3)8-10-15/h7-10,13H,4-6,11-12H2,1-3H3,(H,17,18). The Morgan fingerprint density at radius 1 is 1.16 bits per heavy atom. The Morgan fingerprint density at radius 3 is 2.32 bits per heavy atom. The Labute approximate surface area is 116 Å². The lowest BCUT2D eigenvalue weighted by molar-refractivity contribution is -0.123. The molecular formula is C16H25NO2. The second-order valence-electron chi connectivity index (χ2n) is 4.77. The van der Waals surface area contributed by atoms with Crippen LogP contribution in [-0.2, 0) is 11.2 Å². The second-order valence-corrected chi connectivity index (χ2v) is 4.77. The van der Waals surface area contributed by atoms with Crippen LogP contribution in [0.2, 0.25) is 0 Å². The van der Waals surface area contributed by atoms with E-state index in [2.05, 4.69) is 26.1 Å². The Kier molecular flexibility index (Phi) is 7.01. The van der Waals surface area contributed by atoms with Gasteiger partial charge in [0.1, 0.15) is 5.75 Å². The Balaban J connectivity index is 2.29. The Morgan fingerprint density at radius 2 is 1.79 bits per heavy atom. The fourth-order valence-electron chi connectivity index (χ4n) is 1.86. The van der Waals surface area contributed by atoms with Crippen molar-refractivity contribution in [3.8, 4) is 5.75 Å². The van der Waals surface area contributed by atoms with E-state index < -0.39 is 0 Å². The Bertz CT molecular complexity index is 369. The quantitative estimate of drug-likeness (QED) is 0.782. The van der Waals surface area contributed by atoms with E-state index in [1.165, 1.54) is 5.56 Å². The number of nitrogens with one attached hydrogen (secondary N) is 1. The van der Waals surface area contributed by atoms with Crippen molar-refractivity contribution in [3.05, 3.63) is 29.8 Å². The van der Waals surface area contributed by atoms with Gasteiger partial charge < -0.3 is 10.1 Å². The SMILES string of the molecule is CCc1ccc(OCC(=O)NCC(CC)CC)cc1. The van der Waals surface area contributed by atoms with Crippen molar-refractivity contribution < 1.29 is 9.53 Å². The molecule has 0 unspecified atom stereocenters. The summed E-state index contributed by atoms with van der Waals surface area (Å²) in [6, 6.07) is 7.87. The predicted molar refractivity (Wildman–Crippen MR) is 78.4 cm³/mol. The van der Waals surface area contributed by atoms with Crippen LogP contribution in [0.4, 0.5) is 0 Å². The first-order valence-electron chi connectivity index (χ1n) is 7.18. The normalized spacial score (nSPS) is 10.5. The van der Waals surface area contributed by atoms with Gasteiger partial charge in [-0.1, -0.05) is 45.7 Å². The van der Waals surface area contributed by atoms with Gasteiger partial charge in [-0.25, -0.2) is 0 Å². The lowest BCUT2D eigenvalue weighted by atomic mass is 10.0. The summed E-state index contributed by atoms with van der Waals surface area (Å²) >= 11 is 0. The first kappa shape index (κ1) is 15.5. The Hall–Kier alpha value is -1.51. The number of carbonyl (C=O) groups is 1. The van der Waals surface area contributed by atoms with Crippen molar-refractivity contribution in [1.29, 1.82) is 0 Å². The van der Waals surface area contributed by atoms with Gasteiger partial charge in [0, 0.05) is 6.54 Å². The molecule has 1 rings (SSSR count). The maximum absolute atomic E-state index is 11.6. The van der Waals surface area contributed by atoms with E-state index >= 15 is 0 Å². The van der Waals surface area contributed by atoms with Crippen molar-refractivity contribution in [2.45, 2.75) is 40.0 Å². The van der Waals surface area contributed by atoms with E-state index in [1.807, 2.05) is 24.3 Å². The molecule has 0 heterocycles. The molecule has 3 nitrogen and oxygen atoms in total. The molecule has 0 fully saturated rings. The third kappa shape index (κ3) is 5.77. The number of ether oxygens (including phenoxy) is 1. The largest absolute Gasteiger partial charge is 0.484 e. The number of hydrogen-bond donors (Lipinski definition) is 1. The highest BCUT2D eigenvalue weighted by molar-refractivity contribution is 5.77. The molecule has 0 radical (unpaired) electrons. The van der Waals surface area contributed by atoms with Crippen LogP contribution in [0.1, 0.15) is 39.2 Å². The average molecular weight is 263 g/mol. The van der Waals surface area contributed by atoms with Crippen LogP contribution in [0.5, 0.6) is 5.75 Å². The molecule has 0 aliphatic carbocycles. The van der Waals surface area contributed by atoms with E-state index in [0.717, 1.165) is 31.6 Å². The van der Waals surface area contributed by atoms with Crippen molar-refractivity contribution >= 4 is 5.91 Å². The maximum Gasteiger partial charge on any atom is 0.257 e. The molecule has 106 valence electrons. The van der Waals surface area contributed by atoms with E-state index in [0.29, 0.717) is 5.92 Å². The van der Waals surface area contributed by atoms with Crippen LogP contribution in [0.3, 0.4) is 0 Å². The highest BCUT2D eigenvalue weighted by Crippen LogP contribution is 2.12. The zero-order valence-electron chi connectivity index (χ0n) is 12.2. The van der Waals surface area contributed by atoms with Crippen LogP contribution >= 0.6 is 0 Å². The smallest absolute Gasteiger partial charge is 0.257 e. The minimum Gasteiger partial charge on any atom is -0.484 e. The number of rotatable bonds is 8. The summed E-state index contributed by atoms with van der Waals surface area (Å²) in [5.41, 5.74) is 1.27. The summed E-state index contributed by atoms with van der Waals surface area (Å²) in [6.45, 7) is 7.23. The van der Waals surface area contributed by atoms with E-state index in [-0.39, 0.29) is 12.5 Å². The zero-order valence-corrected chi connectivity index (χ0v) is 12.2. The molecule has 1 amide bonds. The van der Waals surface area contributed by atoms with Gasteiger partial charge in [0.05, 0.1) is 0 Å². The summed E-state index contributed by atoms with van der Waals surface area (Å²) in [5.74, 6) is 1.26. The predicted octanol–water partition coefficient (Wildman–Crippen LogP) is 3.18.